The molecule has 0 bridgehead atoms. The van der Waals surface area contributed by atoms with Gasteiger partial charge >= 0.3 is 31.3 Å². The van der Waals surface area contributed by atoms with Gasteiger partial charge in [0.1, 0.15) is 0 Å². The fourth-order valence-corrected chi connectivity index (χ4v) is 0. The van der Waals surface area contributed by atoms with Gasteiger partial charge in [0.25, 0.3) is 0 Å². The van der Waals surface area contributed by atoms with E-state index in [0.29, 0.717) is 0 Å². The van der Waals surface area contributed by atoms with Crippen molar-refractivity contribution < 1.29 is 39.0 Å². The van der Waals surface area contributed by atoms with Crippen LogP contribution in [0.25, 0.3) is 0 Å². The van der Waals surface area contributed by atoms with Crippen LogP contribution in [0.1, 0.15) is 1.43 Å². The van der Waals surface area contributed by atoms with Crippen molar-refractivity contribution in [3.05, 3.63) is 0 Å². The fourth-order valence-electron chi connectivity index (χ4n) is 0. The molecule has 0 rings (SSSR count). The molecular formula is C2H3F2LiO2. The maximum atomic E-state index is 10.6. The molecule has 0 fully saturated rings. The molecule has 0 unspecified atom stereocenters. The molecule has 0 aliphatic carbocycles. The van der Waals surface area contributed by atoms with Crippen molar-refractivity contribution in [2.75, 3.05) is 0 Å². The molecule has 0 radical (unpaired) electrons. The Kier molecular flexibility index (Phi) is 5.87. The Morgan fingerprint density at radius 1 is 1.71 bits per heavy atom. The number of rotatable bonds is 1. The zero-order chi connectivity index (χ0) is 5.15. The van der Waals surface area contributed by atoms with Crippen LogP contribution in [0.4, 0.5) is 8.78 Å². The van der Waals surface area contributed by atoms with E-state index in [9.17, 15) is 8.78 Å². The van der Waals surface area contributed by atoms with Crippen molar-refractivity contribution in [3.8, 4) is 0 Å². The molecule has 0 atom stereocenters. The summed E-state index contributed by atoms with van der Waals surface area (Å²) in [6, 6.07) is 0. The van der Waals surface area contributed by atoms with Crippen LogP contribution in [0.2, 0.25) is 0 Å². The molecule has 5 heteroatoms. The molecule has 0 aliphatic heterocycles. The van der Waals surface area contributed by atoms with E-state index in [0.717, 1.165) is 0 Å². The number of aliphatic carboxylic acids is 1. The van der Waals surface area contributed by atoms with Crippen LogP contribution in [-0.2, 0) is 4.79 Å². The first-order valence-corrected chi connectivity index (χ1v) is 1.15. The molecule has 0 aromatic heterocycles. The zero-order valence-corrected chi connectivity index (χ0v) is 3.69. The van der Waals surface area contributed by atoms with E-state index in [4.69, 9.17) is 9.90 Å². The Hall–Kier alpha value is -0.0726. The Labute approximate surface area is 52.2 Å². The van der Waals surface area contributed by atoms with Gasteiger partial charge in [-0.1, -0.05) is 0 Å². The second kappa shape index (κ2) is 4.10. The van der Waals surface area contributed by atoms with Gasteiger partial charge in [-0.25, -0.2) is 4.79 Å². The van der Waals surface area contributed by atoms with E-state index in [2.05, 4.69) is 0 Å². The summed E-state index contributed by atoms with van der Waals surface area (Å²) in [6.07, 6.45) is -3.23. The fraction of sp³-hybridized carbons (Fsp3) is 0.500. The Balaban J connectivity index is -0.000000125. The Bertz CT molecular complexity index is 69.1. The molecule has 0 aromatic carbocycles. The summed E-state index contributed by atoms with van der Waals surface area (Å²) in [5, 5.41) is 7.24. The average molecular weight is 104 g/mol. The van der Waals surface area contributed by atoms with Crippen LogP contribution < -0.4 is 18.9 Å². The van der Waals surface area contributed by atoms with Crippen LogP contribution in [-0.4, -0.2) is 17.5 Å². The van der Waals surface area contributed by atoms with Gasteiger partial charge in [-0.2, -0.15) is 8.78 Å². The van der Waals surface area contributed by atoms with Crippen LogP contribution in [0, 0.1) is 0 Å². The number of alkyl halides is 2. The molecule has 2 nitrogen and oxygen atoms in total. The summed E-state index contributed by atoms with van der Waals surface area (Å²) in [5.41, 5.74) is 0. The van der Waals surface area contributed by atoms with Crippen molar-refractivity contribution >= 4 is 5.97 Å². The summed E-state index contributed by atoms with van der Waals surface area (Å²) in [5.74, 6) is -2.07. The molecule has 0 saturated heterocycles. The quantitative estimate of drug-likeness (QED) is 0.372. The van der Waals surface area contributed by atoms with E-state index in [1.165, 1.54) is 0 Å². The molecular weight excluding hydrogens is 101 g/mol. The molecule has 0 amide bonds. The predicted octanol–water partition coefficient (Wildman–Crippen LogP) is -2.55. The molecule has 7 heavy (non-hydrogen) atoms. The summed E-state index contributed by atoms with van der Waals surface area (Å²) >= 11 is 0. The van der Waals surface area contributed by atoms with Crippen molar-refractivity contribution in [1.29, 1.82) is 0 Å². The average Bonchev–Trinajstić information content (AvgIpc) is 1.36. The van der Waals surface area contributed by atoms with Crippen LogP contribution in [0.5, 0.6) is 0 Å². The second-order valence-electron chi connectivity index (χ2n) is 0.639. The third-order valence-corrected chi connectivity index (χ3v) is 0.187. The van der Waals surface area contributed by atoms with Crippen molar-refractivity contribution in [3.63, 3.8) is 0 Å². The number of hydrogen-bond acceptors (Lipinski definition) is 1. The standard InChI is InChI=1S/C2H2F2O2.Li.H/c3-1(4)2(5)6;;/h1H,(H,5,6);;/q;+1;-1. The smallest absolute Gasteiger partial charge is 1.00 e. The first-order valence-electron chi connectivity index (χ1n) is 1.15. The van der Waals surface area contributed by atoms with Gasteiger partial charge in [-0.15, -0.1) is 0 Å². The predicted molar refractivity (Wildman–Crippen MR) is 14.8 cm³/mol. The third-order valence-electron chi connectivity index (χ3n) is 0.187. The first-order chi connectivity index (χ1) is 2.64. The van der Waals surface area contributed by atoms with Crippen molar-refractivity contribution in [2.45, 2.75) is 6.43 Å². The van der Waals surface area contributed by atoms with E-state index in [-0.39, 0.29) is 20.3 Å². The monoisotopic (exact) mass is 104 g/mol. The molecule has 0 aliphatic rings. The number of halogens is 2. The van der Waals surface area contributed by atoms with Crippen LogP contribution in [0.15, 0.2) is 0 Å². The summed E-state index contributed by atoms with van der Waals surface area (Å²) < 4.78 is 21.1. The molecule has 0 heterocycles. The molecule has 0 saturated carbocycles. The summed E-state index contributed by atoms with van der Waals surface area (Å²) in [4.78, 5) is 8.95. The maximum absolute atomic E-state index is 10.6. The molecule has 1 N–H and O–H groups in total. The van der Waals surface area contributed by atoms with Gasteiger partial charge in [-0.05, 0) is 0 Å². The van der Waals surface area contributed by atoms with Crippen LogP contribution >= 0.6 is 0 Å². The minimum absolute atomic E-state index is 0. The summed E-state index contributed by atoms with van der Waals surface area (Å²) in [6.45, 7) is 0. The van der Waals surface area contributed by atoms with Gasteiger partial charge in [-0.3, -0.25) is 0 Å². The maximum Gasteiger partial charge on any atom is 1.00 e. The minimum Gasteiger partial charge on any atom is -1.00 e. The number of carboxylic acid groups (broad SMARTS) is 1. The van der Waals surface area contributed by atoms with Gasteiger partial charge in [0.15, 0.2) is 0 Å². The molecule has 0 aromatic rings. The second-order valence-corrected chi connectivity index (χ2v) is 0.639. The number of carbonyl (C=O) groups is 1. The van der Waals surface area contributed by atoms with Gasteiger partial charge < -0.3 is 6.53 Å². The Morgan fingerprint density at radius 2 is 1.86 bits per heavy atom. The largest absolute Gasteiger partial charge is 1.00 e. The van der Waals surface area contributed by atoms with E-state index in [1.54, 1.807) is 0 Å². The normalized spacial score (nSPS) is 7.86. The van der Waals surface area contributed by atoms with Crippen molar-refractivity contribution in [2.24, 2.45) is 0 Å². The molecule has 0 spiro atoms. The molecule has 38 valence electrons. The number of hydrogen-bond donors (Lipinski definition) is 1. The Morgan fingerprint density at radius 3 is 1.86 bits per heavy atom. The van der Waals surface area contributed by atoms with E-state index < -0.39 is 12.4 Å². The zero-order valence-electron chi connectivity index (χ0n) is 4.69. The van der Waals surface area contributed by atoms with Gasteiger partial charge in [0, 0.05) is 0 Å². The van der Waals surface area contributed by atoms with Gasteiger partial charge in [0.2, 0.25) is 0 Å². The first kappa shape index (κ1) is 10.0. The minimum atomic E-state index is -3.23. The van der Waals surface area contributed by atoms with E-state index in [1.807, 2.05) is 0 Å². The van der Waals surface area contributed by atoms with Crippen LogP contribution in [0.3, 0.4) is 0 Å². The SMILES string of the molecule is O=C(O)C(F)F.[H-].[Li+]. The van der Waals surface area contributed by atoms with Gasteiger partial charge in [0.05, 0.1) is 0 Å². The number of carboxylic acids is 1. The topological polar surface area (TPSA) is 37.3 Å². The van der Waals surface area contributed by atoms with E-state index >= 15 is 0 Å². The summed E-state index contributed by atoms with van der Waals surface area (Å²) in [7, 11) is 0. The van der Waals surface area contributed by atoms with Crippen molar-refractivity contribution in [1.82, 2.24) is 0 Å². The third kappa shape index (κ3) is 5.93.